The van der Waals surface area contributed by atoms with Crippen molar-refractivity contribution in [2.24, 2.45) is 0 Å². The van der Waals surface area contributed by atoms with Crippen LogP contribution in [0.5, 0.6) is 0 Å². The van der Waals surface area contributed by atoms with E-state index in [1.54, 1.807) is 18.2 Å². The zero-order valence-electron chi connectivity index (χ0n) is 7.43. The van der Waals surface area contributed by atoms with Gasteiger partial charge in [-0.25, -0.2) is 0 Å². The van der Waals surface area contributed by atoms with E-state index in [2.05, 4.69) is 0 Å². The molecule has 2 nitrogen and oxygen atoms in total. The highest BCUT2D eigenvalue weighted by Gasteiger charge is 2.26. The molecule has 0 radical (unpaired) electrons. The fraction of sp³-hybridized carbons (Fsp3) is 0.333. The van der Waals surface area contributed by atoms with Gasteiger partial charge in [0.15, 0.2) is 0 Å². The van der Waals surface area contributed by atoms with Crippen LogP contribution in [0.15, 0.2) is 18.2 Å². The van der Waals surface area contributed by atoms with Crippen LogP contribution < -0.4 is 11.5 Å². The standard InChI is InChI=1S/C9H11F3N2/c10-9(11,12)5-4-6-2-1-3-7(13)8(6)14/h1-3H,4-5,13-14H2. The highest BCUT2D eigenvalue weighted by atomic mass is 19.4. The van der Waals surface area contributed by atoms with Gasteiger partial charge >= 0.3 is 6.18 Å². The van der Waals surface area contributed by atoms with Crippen LogP contribution in [0.4, 0.5) is 24.5 Å². The van der Waals surface area contributed by atoms with E-state index in [1.165, 1.54) is 0 Å². The van der Waals surface area contributed by atoms with Gasteiger partial charge in [-0.1, -0.05) is 12.1 Å². The molecule has 0 saturated carbocycles. The van der Waals surface area contributed by atoms with E-state index in [9.17, 15) is 13.2 Å². The Bertz CT molecular complexity index is 320. The Morgan fingerprint density at radius 1 is 1.14 bits per heavy atom. The molecule has 78 valence electrons. The van der Waals surface area contributed by atoms with Crippen LogP contribution in [0.3, 0.4) is 0 Å². The average molecular weight is 204 g/mol. The molecule has 0 aromatic heterocycles. The summed E-state index contributed by atoms with van der Waals surface area (Å²) in [5, 5.41) is 0. The molecular weight excluding hydrogens is 193 g/mol. The number of rotatable bonds is 2. The highest BCUT2D eigenvalue weighted by Crippen LogP contribution is 2.26. The fourth-order valence-corrected chi connectivity index (χ4v) is 1.13. The van der Waals surface area contributed by atoms with Crippen LogP contribution >= 0.6 is 0 Å². The first-order chi connectivity index (χ1) is 6.40. The van der Waals surface area contributed by atoms with Gasteiger partial charge in [-0.3, -0.25) is 0 Å². The monoisotopic (exact) mass is 204 g/mol. The summed E-state index contributed by atoms with van der Waals surface area (Å²) in [6.07, 6.45) is -5.15. The van der Waals surface area contributed by atoms with Crippen molar-refractivity contribution in [3.05, 3.63) is 23.8 Å². The molecule has 4 N–H and O–H groups in total. The maximum absolute atomic E-state index is 11.9. The van der Waals surface area contributed by atoms with Crippen molar-refractivity contribution in [2.75, 3.05) is 11.5 Å². The summed E-state index contributed by atoms with van der Waals surface area (Å²) >= 11 is 0. The van der Waals surface area contributed by atoms with Crippen molar-refractivity contribution < 1.29 is 13.2 Å². The van der Waals surface area contributed by atoms with Crippen LogP contribution in [0.2, 0.25) is 0 Å². The molecule has 5 heteroatoms. The minimum Gasteiger partial charge on any atom is -0.397 e. The Labute approximate surface area is 79.7 Å². The second-order valence-corrected chi connectivity index (χ2v) is 3.04. The normalized spacial score (nSPS) is 11.6. The maximum atomic E-state index is 11.9. The molecule has 0 amide bonds. The highest BCUT2D eigenvalue weighted by molar-refractivity contribution is 5.67. The lowest BCUT2D eigenvalue weighted by Crippen LogP contribution is -2.10. The molecule has 0 saturated heterocycles. The van der Waals surface area contributed by atoms with E-state index in [4.69, 9.17) is 11.5 Å². The molecule has 1 aromatic carbocycles. The van der Waals surface area contributed by atoms with Gasteiger partial charge in [0, 0.05) is 6.42 Å². The number of aryl methyl sites for hydroxylation is 1. The predicted octanol–water partition coefficient (Wildman–Crippen LogP) is 2.35. The van der Waals surface area contributed by atoms with Crippen LogP contribution in [0.25, 0.3) is 0 Å². The lowest BCUT2D eigenvalue weighted by atomic mass is 10.1. The molecule has 0 atom stereocenters. The Morgan fingerprint density at radius 3 is 2.36 bits per heavy atom. The smallest absolute Gasteiger partial charge is 0.389 e. The van der Waals surface area contributed by atoms with Crippen molar-refractivity contribution in [1.29, 1.82) is 0 Å². The van der Waals surface area contributed by atoms with E-state index in [-0.39, 0.29) is 12.1 Å². The zero-order chi connectivity index (χ0) is 10.8. The summed E-state index contributed by atoms with van der Waals surface area (Å²) in [4.78, 5) is 0. The van der Waals surface area contributed by atoms with Gasteiger partial charge < -0.3 is 11.5 Å². The van der Waals surface area contributed by atoms with E-state index < -0.39 is 12.6 Å². The largest absolute Gasteiger partial charge is 0.397 e. The molecular formula is C9H11F3N2. The van der Waals surface area contributed by atoms with Crippen molar-refractivity contribution >= 4 is 11.4 Å². The molecule has 1 aromatic rings. The lowest BCUT2D eigenvalue weighted by Gasteiger charge is -2.09. The van der Waals surface area contributed by atoms with Crippen molar-refractivity contribution in [1.82, 2.24) is 0 Å². The summed E-state index contributed by atoms with van der Waals surface area (Å²) in [6, 6.07) is 4.71. The third kappa shape index (κ3) is 2.83. The first-order valence-corrected chi connectivity index (χ1v) is 4.10. The summed E-state index contributed by atoms with van der Waals surface area (Å²) in [7, 11) is 0. The van der Waals surface area contributed by atoms with Gasteiger partial charge in [0.25, 0.3) is 0 Å². The van der Waals surface area contributed by atoms with Crippen molar-refractivity contribution in [3.8, 4) is 0 Å². The molecule has 0 unspecified atom stereocenters. The van der Waals surface area contributed by atoms with E-state index in [0.29, 0.717) is 11.3 Å². The zero-order valence-corrected chi connectivity index (χ0v) is 7.43. The number of nitrogens with two attached hydrogens (primary N) is 2. The molecule has 0 spiro atoms. The number of para-hydroxylation sites is 1. The van der Waals surface area contributed by atoms with Crippen LogP contribution in [0.1, 0.15) is 12.0 Å². The molecule has 14 heavy (non-hydrogen) atoms. The topological polar surface area (TPSA) is 52.0 Å². The van der Waals surface area contributed by atoms with Crippen molar-refractivity contribution in [2.45, 2.75) is 19.0 Å². The number of anilines is 2. The van der Waals surface area contributed by atoms with Crippen LogP contribution in [-0.4, -0.2) is 6.18 Å². The average Bonchev–Trinajstić information content (AvgIpc) is 2.06. The number of hydrogen-bond donors (Lipinski definition) is 2. The van der Waals surface area contributed by atoms with Crippen LogP contribution in [-0.2, 0) is 6.42 Å². The first-order valence-electron chi connectivity index (χ1n) is 4.10. The van der Waals surface area contributed by atoms with Gasteiger partial charge in [0.05, 0.1) is 11.4 Å². The van der Waals surface area contributed by atoms with Crippen molar-refractivity contribution in [3.63, 3.8) is 0 Å². The third-order valence-electron chi connectivity index (χ3n) is 1.91. The summed E-state index contributed by atoms with van der Waals surface area (Å²) in [6.45, 7) is 0. The number of hydrogen-bond acceptors (Lipinski definition) is 2. The van der Waals surface area contributed by atoms with Crippen LogP contribution in [0, 0.1) is 0 Å². The lowest BCUT2D eigenvalue weighted by molar-refractivity contribution is -0.133. The van der Waals surface area contributed by atoms with Gasteiger partial charge in [0.2, 0.25) is 0 Å². The molecule has 0 aliphatic heterocycles. The SMILES string of the molecule is Nc1cccc(CCC(F)(F)F)c1N. The Morgan fingerprint density at radius 2 is 1.79 bits per heavy atom. The number of halogens is 3. The quantitative estimate of drug-likeness (QED) is 0.726. The first kappa shape index (κ1) is 10.7. The summed E-state index contributed by atoms with van der Waals surface area (Å²) in [5.41, 5.74) is 12.0. The molecule has 0 fully saturated rings. The summed E-state index contributed by atoms with van der Waals surface area (Å²) in [5.74, 6) is 0. The Kier molecular flexibility index (Phi) is 2.88. The molecule has 0 aliphatic rings. The molecule has 1 rings (SSSR count). The Hall–Kier alpha value is -1.39. The molecule has 0 aliphatic carbocycles. The minimum atomic E-state index is -4.16. The van der Waals surface area contributed by atoms with E-state index >= 15 is 0 Å². The third-order valence-corrected chi connectivity index (χ3v) is 1.91. The second-order valence-electron chi connectivity index (χ2n) is 3.04. The van der Waals surface area contributed by atoms with Gasteiger partial charge in [-0.15, -0.1) is 0 Å². The number of nitrogen functional groups attached to an aromatic ring is 2. The molecule has 0 bridgehead atoms. The predicted molar refractivity (Wildman–Crippen MR) is 49.6 cm³/mol. The van der Waals surface area contributed by atoms with E-state index in [0.717, 1.165) is 0 Å². The number of alkyl halides is 3. The Balaban J connectivity index is 2.73. The fourth-order valence-electron chi connectivity index (χ4n) is 1.13. The summed E-state index contributed by atoms with van der Waals surface area (Å²) < 4.78 is 35.7. The second kappa shape index (κ2) is 3.77. The minimum absolute atomic E-state index is 0.125. The number of benzene rings is 1. The van der Waals surface area contributed by atoms with Gasteiger partial charge in [0.1, 0.15) is 0 Å². The van der Waals surface area contributed by atoms with Gasteiger partial charge in [-0.05, 0) is 18.1 Å². The molecule has 0 heterocycles. The van der Waals surface area contributed by atoms with Gasteiger partial charge in [-0.2, -0.15) is 13.2 Å². The maximum Gasteiger partial charge on any atom is 0.389 e. The van der Waals surface area contributed by atoms with E-state index in [1.807, 2.05) is 0 Å².